The van der Waals surface area contributed by atoms with Crippen molar-refractivity contribution in [2.45, 2.75) is 123 Å². The van der Waals surface area contributed by atoms with Crippen LogP contribution < -0.4 is 5.32 Å². The number of aliphatic hydroxyl groups is 13. The predicted octanol–water partition coefficient (Wildman–Crippen LogP) is -9.76. The van der Waals surface area contributed by atoms with Crippen LogP contribution in [0.25, 0.3) is 0 Å². The molecule has 3 fully saturated rings. The lowest BCUT2D eigenvalue weighted by Crippen LogP contribution is -2.69. The van der Waals surface area contributed by atoms with Crippen LogP contribution in [0.5, 0.6) is 0 Å². The Morgan fingerprint density at radius 3 is 1.79 bits per heavy atom. The zero-order valence-corrected chi connectivity index (χ0v) is 25.5. The Hall–Kier alpha value is -1.62. The van der Waals surface area contributed by atoms with Gasteiger partial charge in [-0.2, -0.15) is 0 Å². The Labute approximate surface area is 272 Å². The van der Waals surface area contributed by atoms with Crippen LogP contribution in [0.1, 0.15) is 6.92 Å². The lowest BCUT2D eigenvalue weighted by Gasteiger charge is -2.49. The number of carbonyl (C=O) groups is 2. The van der Waals surface area contributed by atoms with Gasteiger partial charge in [-0.05, 0) is 0 Å². The monoisotopic (exact) mass is 707 g/mol. The molecule has 0 spiro atoms. The topological polar surface area (TPSA) is 365 Å². The van der Waals surface area contributed by atoms with Crippen molar-refractivity contribution in [2.24, 2.45) is 0 Å². The molecule has 3 saturated heterocycles. The van der Waals surface area contributed by atoms with Crippen molar-refractivity contribution in [3.05, 3.63) is 0 Å². The van der Waals surface area contributed by atoms with E-state index in [1.165, 1.54) is 0 Å². The van der Waals surface area contributed by atoms with Gasteiger partial charge in [-0.25, -0.2) is 0 Å². The maximum Gasteiger partial charge on any atom is 0.217 e. The number of carbonyl (C=O) groups excluding carboxylic acids is 2. The molecule has 0 radical (unpaired) electrons. The summed E-state index contributed by atoms with van der Waals surface area (Å²) >= 11 is 0. The fraction of sp³-hybridized carbons (Fsp3) is 0.923. The van der Waals surface area contributed by atoms with Crippen LogP contribution in [-0.2, 0) is 38.0 Å². The van der Waals surface area contributed by atoms with E-state index in [2.05, 4.69) is 5.32 Å². The van der Waals surface area contributed by atoms with Gasteiger partial charge in [0.25, 0.3) is 0 Å². The number of hydrogen-bond donors (Lipinski definition) is 14. The molecule has 0 bridgehead atoms. The fourth-order valence-corrected chi connectivity index (χ4v) is 5.49. The Morgan fingerprint density at radius 1 is 0.708 bits per heavy atom. The number of rotatable bonds is 15. The van der Waals surface area contributed by atoms with Crippen LogP contribution in [0.15, 0.2) is 0 Å². The van der Waals surface area contributed by atoms with Gasteiger partial charge in [0.1, 0.15) is 97.6 Å². The molecule has 14 N–H and O–H groups in total. The second-order valence-electron chi connectivity index (χ2n) is 11.5. The summed E-state index contributed by atoms with van der Waals surface area (Å²) in [5.41, 5.74) is 0. The molecule has 0 unspecified atom stereocenters. The summed E-state index contributed by atoms with van der Waals surface area (Å²) in [4.78, 5) is 23.1. The highest BCUT2D eigenvalue weighted by Gasteiger charge is 2.54. The molecule has 1 amide bonds. The average Bonchev–Trinajstić information content (AvgIpc) is 3.07. The first-order valence-electron chi connectivity index (χ1n) is 14.9. The zero-order valence-electron chi connectivity index (χ0n) is 25.5. The third-order valence-electron chi connectivity index (χ3n) is 8.16. The molecule has 0 aromatic carbocycles. The van der Waals surface area contributed by atoms with E-state index >= 15 is 0 Å². The van der Waals surface area contributed by atoms with Gasteiger partial charge < -0.3 is 105 Å². The van der Waals surface area contributed by atoms with Gasteiger partial charge in [-0.3, -0.25) is 4.79 Å². The predicted molar refractivity (Wildman–Crippen MR) is 147 cm³/mol. The molecule has 22 heteroatoms. The van der Waals surface area contributed by atoms with Crippen molar-refractivity contribution in [1.82, 2.24) is 5.32 Å². The molecule has 0 aliphatic carbocycles. The summed E-state index contributed by atoms with van der Waals surface area (Å²) in [5.74, 6) is -0.781. The van der Waals surface area contributed by atoms with Crippen molar-refractivity contribution in [2.75, 3.05) is 26.4 Å². The number of nitrogens with one attached hydrogen (secondary N) is 1. The first-order chi connectivity index (χ1) is 22.6. The minimum Gasteiger partial charge on any atom is -0.394 e. The molecule has 22 nitrogen and oxygen atoms in total. The smallest absolute Gasteiger partial charge is 0.217 e. The van der Waals surface area contributed by atoms with E-state index in [9.17, 15) is 76.0 Å². The Bertz CT molecular complexity index is 1010. The maximum absolute atomic E-state index is 12.1. The summed E-state index contributed by atoms with van der Waals surface area (Å²) in [6, 6.07) is -1.65. The van der Waals surface area contributed by atoms with Crippen LogP contribution >= 0.6 is 0 Å². The van der Waals surface area contributed by atoms with Crippen molar-refractivity contribution in [3.63, 3.8) is 0 Å². The van der Waals surface area contributed by atoms with Crippen LogP contribution in [0, 0.1) is 0 Å². The van der Waals surface area contributed by atoms with Gasteiger partial charge in [-0.15, -0.1) is 0 Å². The number of hydrogen-bond acceptors (Lipinski definition) is 21. The highest BCUT2D eigenvalue weighted by molar-refractivity contribution is 5.73. The van der Waals surface area contributed by atoms with Crippen LogP contribution in [-0.4, -0.2) is 221 Å². The second-order valence-corrected chi connectivity index (χ2v) is 11.5. The standard InChI is InChI=1S/C26H45NO21/c1-7(33)27-13-17(39)22(47-25-19(41)18(40)15(37)10(4-30)43-25)12(6-32)45-24(13)48-23-16(38)11(5-31)44-26(20(23)42)46-21(9(35)3-29)14(36)8(34)2-28/h2,8-26,29-32,34-42H,3-6H2,1H3,(H,27,33)/t8-,9-,10-,11+,12-,13-,14-,15-,16+,17-,18-,19+,20+,21-,22+,23-,24-,25+,26-/m1/s1. The summed E-state index contributed by atoms with van der Waals surface area (Å²) in [6.45, 7) is -2.73. The number of aldehydes is 1. The molecule has 0 aromatic heterocycles. The van der Waals surface area contributed by atoms with Crippen molar-refractivity contribution >= 4 is 12.2 Å². The molecular weight excluding hydrogens is 662 g/mol. The molecule has 3 aliphatic rings. The molecule has 48 heavy (non-hydrogen) atoms. The number of amides is 1. The first-order valence-corrected chi connectivity index (χ1v) is 14.9. The van der Waals surface area contributed by atoms with Crippen LogP contribution in [0.4, 0.5) is 0 Å². The maximum atomic E-state index is 12.1. The Balaban J connectivity index is 1.88. The van der Waals surface area contributed by atoms with Gasteiger partial charge in [0.15, 0.2) is 25.2 Å². The van der Waals surface area contributed by atoms with Crippen LogP contribution in [0.2, 0.25) is 0 Å². The molecule has 0 saturated carbocycles. The normalized spacial score (nSPS) is 43.2. The highest BCUT2D eigenvalue weighted by Crippen LogP contribution is 2.33. The Morgan fingerprint density at radius 2 is 1.25 bits per heavy atom. The molecule has 0 aromatic rings. The molecule has 3 heterocycles. The van der Waals surface area contributed by atoms with E-state index in [0.29, 0.717) is 0 Å². The average molecular weight is 708 g/mol. The van der Waals surface area contributed by atoms with Crippen molar-refractivity contribution in [3.8, 4) is 0 Å². The van der Waals surface area contributed by atoms with Gasteiger partial charge in [0, 0.05) is 6.92 Å². The van der Waals surface area contributed by atoms with E-state index < -0.39 is 149 Å². The van der Waals surface area contributed by atoms with Gasteiger partial charge in [0.2, 0.25) is 5.91 Å². The Kier molecular flexibility index (Phi) is 15.3. The minimum atomic E-state index is -2.17. The third kappa shape index (κ3) is 8.99. The van der Waals surface area contributed by atoms with E-state index in [1.54, 1.807) is 0 Å². The summed E-state index contributed by atoms with van der Waals surface area (Å²) in [5, 5.41) is 135. The van der Waals surface area contributed by atoms with Gasteiger partial charge >= 0.3 is 0 Å². The van der Waals surface area contributed by atoms with E-state index in [-0.39, 0.29) is 6.29 Å². The second kappa shape index (κ2) is 18.0. The highest BCUT2D eigenvalue weighted by atomic mass is 16.8. The van der Waals surface area contributed by atoms with Crippen LogP contribution in [0.3, 0.4) is 0 Å². The fourth-order valence-electron chi connectivity index (χ4n) is 5.49. The quantitative estimate of drug-likeness (QED) is 0.0702. The first kappa shape index (κ1) is 40.8. The number of ether oxygens (including phenoxy) is 6. The lowest BCUT2D eigenvalue weighted by molar-refractivity contribution is -0.372. The van der Waals surface area contributed by atoms with E-state index in [4.69, 9.17) is 28.4 Å². The van der Waals surface area contributed by atoms with Gasteiger partial charge in [0.05, 0.1) is 26.4 Å². The summed E-state index contributed by atoms with van der Waals surface area (Å²) in [7, 11) is 0. The minimum absolute atomic E-state index is 0.102. The zero-order chi connectivity index (χ0) is 36.0. The molecular formula is C26H45NO21. The van der Waals surface area contributed by atoms with E-state index in [0.717, 1.165) is 6.92 Å². The SMILES string of the molecule is CC(=O)N[C@H]1[C@@H](O[C@H]2[C@H](O)[C@@H](O[C@@H]([C@H](O)[C@H](O)C=O)[C@H](O)CO)O[C@@H](CO)[C@@H]2O)O[C@H](CO)[C@H](O[C@@H]2O[C@H](CO)[C@@H](O)[C@@H](O)[C@@H]2O)[C@@H]1O. The third-order valence-corrected chi connectivity index (χ3v) is 8.16. The molecule has 19 atom stereocenters. The largest absolute Gasteiger partial charge is 0.394 e. The van der Waals surface area contributed by atoms with E-state index in [1.807, 2.05) is 0 Å². The summed E-state index contributed by atoms with van der Waals surface area (Å²) < 4.78 is 33.1. The molecule has 3 aliphatic heterocycles. The van der Waals surface area contributed by atoms with Gasteiger partial charge in [-0.1, -0.05) is 0 Å². The van der Waals surface area contributed by atoms with Crippen molar-refractivity contribution in [1.29, 1.82) is 0 Å². The molecule has 280 valence electrons. The summed E-state index contributed by atoms with van der Waals surface area (Å²) in [6.07, 6.45) is -33.7. The van der Waals surface area contributed by atoms with Crippen molar-refractivity contribution < 1.29 is 104 Å². The number of aliphatic hydroxyl groups excluding tert-OH is 13. The lowest BCUT2D eigenvalue weighted by atomic mass is 9.94. The molecule has 3 rings (SSSR count).